The Morgan fingerprint density at radius 1 is 1.32 bits per heavy atom. The first kappa shape index (κ1) is 12.4. The minimum atomic E-state index is 0.568. The molecule has 0 saturated heterocycles. The summed E-state index contributed by atoms with van der Waals surface area (Å²) in [5, 5.41) is 3.39. The summed E-state index contributed by atoms with van der Waals surface area (Å²) in [6.45, 7) is 7.43. The van der Waals surface area contributed by atoms with Gasteiger partial charge in [0.05, 0.1) is 6.33 Å². The van der Waals surface area contributed by atoms with Crippen molar-refractivity contribution >= 4 is 0 Å². The largest absolute Gasteiger partial charge is 0.330 e. The normalized spacial score (nSPS) is 15.5. The van der Waals surface area contributed by atoms with Gasteiger partial charge in [0.2, 0.25) is 0 Å². The number of benzene rings is 1. The highest BCUT2D eigenvalue weighted by Gasteiger charge is 2.12. The van der Waals surface area contributed by atoms with Crippen LogP contribution in [0.25, 0.3) is 0 Å². The van der Waals surface area contributed by atoms with Gasteiger partial charge in [-0.25, -0.2) is 4.98 Å². The molecule has 2 aromatic rings. The summed E-state index contributed by atoms with van der Waals surface area (Å²) in [5.41, 5.74) is 5.59. The lowest BCUT2D eigenvalue weighted by Gasteiger charge is -2.13. The van der Waals surface area contributed by atoms with E-state index in [9.17, 15) is 0 Å². The first-order valence-corrected chi connectivity index (χ1v) is 7.09. The van der Waals surface area contributed by atoms with Crippen LogP contribution in [0.15, 0.2) is 30.7 Å². The Hall–Kier alpha value is -1.61. The maximum absolute atomic E-state index is 4.31. The molecular weight excluding hydrogens is 234 g/mol. The molecule has 1 unspecified atom stereocenters. The van der Waals surface area contributed by atoms with Crippen LogP contribution in [0.5, 0.6) is 0 Å². The van der Waals surface area contributed by atoms with E-state index in [-0.39, 0.29) is 0 Å². The number of imidazole rings is 1. The summed E-state index contributed by atoms with van der Waals surface area (Å²) < 4.78 is 2.28. The maximum Gasteiger partial charge on any atom is 0.0951 e. The average molecular weight is 255 g/mol. The highest BCUT2D eigenvalue weighted by Crippen LogP contribution is 2.21. The average Bonchev–Trinajstić information content (AvgIpc) is 3.06. The molecule has 1 aromatic carbocycles. The smallest absolute Gasteiger partial charge is 0.0951 e. The number of aromatic nitrogens is 2. The molecule has 0 amide bonds. The molecule has 19 heavy (non-hydrogen) atoms. The van der Waals surface area contributed by atoms with E-state index in [0.29, 0.717) is 5.92 Å². The summed E-state index contributed by atoms with van der Waals surface area (Å²) in [6.07, 6.45) is 5.11. The van der Waals surface area contributed by atoms with Crippen molar-refractivity contribution in [2.75, 3.05) is 0 Å². The van der Waals surface area contributed by atoms with Crippen molar-refractivity contribution in [3.8, 4) is 0 Å². The SMILES string of the molecule is CCC(C)c1cncn1Cc1ccc2c(c1)CNC2. The summed E-state index contributed by atoms with van der Waals surface area (Å²) >= 11 is 0. The van der Waals surface area contributed by atoms with Crippen molar-refractivity contribution in [1.82, 2.24) is 14.9 Å². The molecular formula is C16H21N3. The third kappa shape index (κ3) is 2.43. The fourth-order valence-corrected chi connectivity index (χ4v) is 2.73. The molecule has 0 saturated carbocycles. The molecule has 2 heterocycles. The zero-order chi connectivity index (χ0) is 13.2. The number of nitrogens with zero attached hydrogens (tertiary/aromatic N) is 2. The number of fused-ring (bicyclic) bond motifs is 1. The van der Waals surface area contributed by atoms with Crippen molar-refractivity contribution in [2.24, 2.45) is 0 Å². The molecule has 3 heteroatoms. The van der Waals surface area contributed by atoms with Gasteiger partial charge in [-0.2, -0.15) is 0 Å². The quantitative estimate of drug-likeness (QED) is 0.910. The first-order chi connectivity index (χ1) is 9.28. The van der Waals surface area contributed by atoms with Gasteiger partial charge in [-0.15, -0.1) is 0 Å². The van der Waals surface area contributed by atoms with Crippen LogP contribution >= 0.6 is 0 Å². The Morgan fingerprint density at radius 2 is 2.16 bits per heavy atom. The van der Waals surface area contributed by atoms with E-state index >= 15 is 0 Å². The van der Waals surface area contributed by atoms with E-state index < -0.39 is 0 Å². The van der Waals surface area contributed by atoms with Crippen LogP contribution in [0.3, 0.4) is 0 Å². The Bertz CT molecular complexity index is 571. The molecule has 0 aliphatic carbocycles. The van der Waals surface area contributed by atoms with E-state index in [4.69, 9.17) is 0 Å². The second-order valence-electron chi connectivity index (χ2n) is 5.46. The standard InChI is InChI=1S/C16H21N3/c1-3-12(2)16-9-18-11-19(16)10-13-4-5-14-7-17-8-15(14)6-13/h4-6,9,11-12,17H,3,7-8,10H2,1-2H3. The zero-order valence-electron chi connectivity index (χ0n) is 11.7. The lowest BCUT2D eigenvalue weighted by molar-refractivity contribution is 0.639. The number of hydrogen-bond acceptors (Lipinski definition) is 2. The molecule has 1 N–H and O–H groups in total. The second-order valence-corrected chi connectivity index (χ2v) is 5.46. The van der Waals surface area contributed by atoms with E-state index in [2.05, 4.69) is 46.9 Å². The van der Waals surface area contributed by atoms with Crippen molar-refractivity contribution in [2.45, 2.75) is 45.8 Å². The minimum Gasteiger partial charge on any atom is -0.330 e. The third-order valence-corrected chi connectivity index (χ3v) is 4.12. The van der Waals surface area contributed by atoms with Gasteiger partial charge in [0, 0.05) is 31.5 Å². The highest BCUT2D eigenvalue weighted by atomic mass is 15.0. The molecule has 3 rings (SSSR count). The fourth-order valence-electron chi connectivity index (χ4n) is 2.73. The molecule has 1 atom stereocenters. The molecule has 1 aliphatic rings. The Morgan fingerprint density at radius 3 is 3.00 bits per heavy atom. The summed E-state index contributed by atoms with van der Waals surface area (Å²) in [6, 6.07) is 6.83. The monoisotopic (exact) mass is 255 g/mol. The summed E-state index contributed by atoms with van der Waals surface area (Å²) in [4.78, 5) is 4.31. The van der Waals surface area contributed by atoms with Gasteiger partial charge in [0.15, 0.2) is 0 Å². The van der Waals surface area contributed by atoms with Gasteiger partial charge in [-0.1, -0.05) is 32.0 Å². The lowest BCUT2D eigenvalue weighted by atomic mass is 10.0. The van der Waals surface area contributed by atoms with Crippen molar-refractivity contribution < 1.29 is 0 Å². The Balaban J connectivity index is 1.84. The Kier molecular flexibility index (Phi) is 3.38. The van der Waals surface area contributed by atoms with Gasteiger partial charge >= 0.3 is 0 Å². The van der Waals surface area contributed by atoms with Gasteiger partial charge in [-0.3, -0.25) is 0 Å². The van der Waals surface area contributed by atoms with Crippen molar-refractivity contribution in [3.05, 3.63) is 53.1 Å². The van der Waals surface area contributed by atoms with Gasteiger partial charge in [-0.05, 0) is 29.0 Å². The Labute approximate surface area is 114 Å². The van der Waals surface area contributed by atoms with Gasteiger partial charge in [0.1, 0.15) is 0 Å². The first-order valence-electron chi connectivity index (χ1n) is 7.09. The predicted octanol–water partition coefficient (Wildman–Crippen LogP) is 3.05. The van der Waals surface area contributed by atoms with Crippen LogP contribution in [0.4, 0.5) is 0 Å². The van der Waals surface area contributed by atoms with Crippen molar-refractivity contribution in [3.63, 3.8) is 0 Å². The zero-order valence-corrected chi connectivity index (χ0v) is 11.7. The summed E-state index contributed by atoms with van der Waals surface area (Å²) in [7, 11) is 0. The van der Waals surface area contributed by atoms with Crippen LogP contribution in [0, 0.1) is 0 Å². The fraction of sp³-hybridized carbons (Fsp3) is 0.438. The number of rotatable bonds is 4. The van der Waals surface area contributed by atoms with E-state index in [1.807, 2.05) is 12.5 Å². The minimum absolute atomic E-state index is 0.568. The molecule has 100 valence electrons. The van der Waals surface area contributed by atoms with Crippen molar-refractivity contribution in [1.29, 1.82) is 0 Å². The maximum atomic E-state index is 4.31. The predicted molar refractivity (Wildman–Crippen MR) is 77.0 cm³/mol. The van der Waals surface area contributed by atoms with E-state index in [1.54, 1.807) is 0 Å². The summed E-state index contributed by atoms with van der Waals surface area (Å²) in [5.74, 6) is 0.568. The number of hydrogen-bond donors (Lipinski definition) is 1. The van der Waals surface area contributed by atoms with E-state index in [0.717, 1.165) is 26.1 Å². The molecule has 0 bridgehead atoms. The van der Waals surface area contributed by atoms with Crippen LogP contribution < -0.4 is 5.32 Å². The third-order valence-electron chi connectivity index (χ3n) is 4.12. The van der Waals surface area contributed by atoms with Crippen LogP contribution in [-0.4, -0.2) is 9.55 Å². The molecule has 0 spiro atoms. The highest BCUT2D eigenvalue weighted by molar-refractivity contribution is 5.34. The molecule has 0 radical (unpaired) electrons. The lowest BCUT2D eigenvalue weighted by Crippen LogP contribution is -2.06. The van der Waals surface area contributed by atoms with Gasteiger partial charge in [0.25, 0.3) is 0 Å². The van der Waals surface area contributed by atoms with Crippen LogP contribution in [-0.2, 0) is 19.6 Å². The topological polar surface area (TPSA) is 29.9 Å². The van der Waals surface area contributed by atoms with Crippen LogP contribution in [0.2, 0.25) is 0 Å². The van der Waals surface area contributed by atoms with Gasteiger partial charge < -0.3 is 9.88 Å². The second kappa shape index (κ2) is 5.17. The molecule has 1 aromatic heterocycles. The molecule has 0 fully saturated rings. The molecule has 3 nitrogen and oxygen atoms in total. The molecule has 1 aliphatic heterocycles. The van der Waals surface area contributed by atoms with E-state index in [1.165, 1.54) is 22.4 Å². The van der Waals surface area contributed by atoms with Crippen LogP contribution in [0.1, 0.15) is 48.6 Å². The number of nitrogens with one attached hydrogen (secondary N) is 1.